The molecule has 3 nitrogen and oxygen atoms in total. The molecule has 2 unspecified atom stereocenters. The Balaban J connectivity index is 0.000001000. The van der Waals surface area contributed by atoms with Gasteiger partial charge in [0.05, 0.1) is 16.8 Å². The maximum absolute atomic E-state index is 6.06. The Morgan fingerprint density at radius 1 is 1.35 bits per heavy atom. The second-order valence-corrected chi connectivity index (χ2v) is 6.36. The molecule has 1 saturated heterocycles. The van der Waals surface area contributed by atoms with E-state index in [0.717, 1.165) is 31.6 Å². The Hall–Kier alpha value is -0.390. The van der Waals surface area contributed by atoms with Crippen molar-refractivity contribution < 1.29 is 0 Å². The molecule has 3 rings (SSSR count). The van der Waals surface area contributed by atoms with E-state index in [1.165, 1.54) is 9.71 Å². The van der Waals surface area contributed by atoms with Crippen molar-refractivity contribution in [2.75, 3.05) is 13.1 Å². The van der Waals surface area contributed by atoms with Crippen LogP contribution in [0.1, 0.15) is 18.4 Å². The first kappa shape index (κ1) is 17.7. The molecule has 2 atom stereocenters. The van der Waals surface area contributed by atoms with E-state index in [1.807, 2.05) is 17.4 Å². The molecule has 2 aromatic rings. The highest BCUT2D eigenvalue weighted by Gasteiger charge is 2.23. The molecule has 6 heteroatoms. The number of piperidine rings is 1. The van der Waals surface area contributed by atoms with Crippen molar-refractivity contribution in [2.24, 2.45) is 11.7 Å². The fourth-order valence-electron chi connectivity index (χ4n) is 2.57. The van der Waals surface area contributed by atoms with Crippen LogP contribution < -0.4 is 5.73 Å². The predicted octanol–water partition coefficient (Wildman–Crippen LogP) is 3.31. The Labute approximate surface area is 136 Å². The molecular formula is C14H21Cl2N3S. The minimum atomic E-state index is 0. The first-order valence-corrected chi connectivity index (χ1v) is 7.36. The summed E-state index contributed by atoms with van der Waals surface area (Å²) in [5.74, 6) is 0.591. The van der Waals surface area contributed by atoms with Gasteiger partial charge in [-0.2, -0.15) is 0 Å². The number of aromatic nitrogens is 1. The van der Waals surface area contributed by atoms with Gasteiger partial charge in [-0.3, -0.25) is 4.90 Å². The number of rotatable bonds is 2. The van der Waals surface area contributed by atoms with Crippen molar-refractivity contribution in [3.63, 3.8) is 0 Å². The third kappa shape index (κ3) is 3.83. The fraction of sp³-hybridized carbons (Fsp3) is 0.500. The predicted molar refractivity (Wildman–Crippen MR) is 91.1 cm³/mol. The number of thiazole rings is 1. The second-order valence-electron chi connectivity index (χ2n) is 5.24. The lowest BCUT2D eigenvalue weighted by Gasteiger charge is -2.34. The zero-order chi connectivity index (χ0) is 12.5. The highest BCUT2D eigenvalue weighted by Crippen LogP contribution is 2.24. The fourth-order valence-corrected chi connectivity index (χ4v) is 3.58. The normalized spacial score (nSPS) is 23.1. The molecule has 1 aliphatic rings. The zero-order valence-electron chi connectivity index (χ0n) is 11.5. The molecule has 1 aromatic heterocycles. The molecule has 0 radical (unpaired) electrons. The number of hydrogen-bond acceptors (Lipinski definition) is 4. The van der Waals surface area contributed by atoms with Gasteiger partial charge in [-0.05, 0) is 24.5 Å². The zero-order valence-corrected chi connectivity index (χ0v) is 13.9. The van der Waals surface area contributed by atoms with Crippen LogP contribution in [0.3, 0.4) is 0 Å². The molecule has 1 aromatic carbocycles. The van der Waals surface area contributed by atoms with Crippen LogP contribution in [0.25, 0.3) is 10.2 Å². The molecule has 0 saturated carbocycles. The van der Waals surface area contributed by atoms with Gasteiger partial charge in [-0.15, -0.1) is 36.2 Å². The summed E-state index contributed by atoms with van der Waals surface area (Å²) in [6, 6.07) is 8.73. The summed E-state index contributed by atoms with van der Waals surface area (Å²) >= 11 is 1.81. The molecule has 0 bridgehead atoms. The minimum absolute atomic E-state index is 0. The first-order chi connectivity index (χ1) is 8.72. The lowest BCUT2D eigenvalue weighted by Crippen LogP contribution is -2.45. The van der Waals surface area contributed by atoms with E-state index in [-0.39, 0.29) is 24.8 Å². The average molecular weight is 334 g/mol. The van der Waals surface area contributed by atoms with E-state index < -0.39 is 0 Å². The number of likely N-dealkylation sites (tertiary alicyclic amines) is 1. The molecule has 0 spiro atoms. The van der Waals surface area contributed by atoms with E-state index in [4.69, 9.17) is 10.7 Å². The lowest BCUT2D eigenvalue weighted by molar-refractivity contribution is 0.158. The molecular weight excluding hydrogens is 313 g/mol. The first-order valence-electron chi connectivity index (χ1n) is 6.55. The molecule has 0 aliphatic carbocycles. The van der Waals surface area contributed by atoms with Crippen LogP contribution in [-0.2, 0) is 6.54 Å². The van der Waals surface area contributed by atoms with E-state index in [0.29, 0.717) is 12.0 Å². The molecule has 2 N–H and O–H groups in total. The van der Waals surface area contributed by atoms with Gasteiger partial charge >= 0.3 is 0 Å². The topological polar surface area (TPSA) is 42.2 Å². The molecule has 20 heavy (non-hydrogen) atoms. The number of halogens is 2. The standard InChI is InChI=1S/C14H19N3S.2ClH/c1-10-8-17(7-6-11(10)15)9-14-16-12-4-2-3-5-13(12)18-14;;/h2-5,10-11H,6-9,15H2,1H3;2*1H. The van der Waals surface area contributed by atoms with E-state index in [1.54, 1.807) is 0 Å². The average Bonchev–Trinajstić information content (AvgIpc) is 2.76. The molecule has 1 fully saturated rings. The number of benzene rings is 1. The van der Waals surface area contributed by atoms with Crippen LogP contribution in [0.5, 0.6) is 0 Å². The smallest absolute Gasteiger partial charge is 0.108 e. The van der Waals surface area contributed by atoms with Crippen LogP contribution in [0.2, 0.25) is 0 Å². The van der Waals surface area contributed by atoms with Crippen LogP contribution in [-0.4, -0.2) is 29.0 Å². The van der Waals surface area contributed by atoms with Gasteiger partial charge in [0, 0.05) is 19.1 Å². The number of nitrogens with zero attached hydrogens (tertiary/aromatic N) is 2. The van der Waals surface area contributed by atoms with Gasteiger partial charge in [0.15, 0.2) is 0 Å². The van der Waals surface area contributed by atoms with E-state index >= 15 is 0 Å². The van der Waals surface area contributed by atoms with Crippen molar-refractivity contribution >= 4 is 46.4 Å². The molecule has 0 amide bonds. The quantitative estimate of drug-likeness (QED) is 0.916. The second kappa shape index (κ2) is 7.57. The SMILES string of the molecule is CC1CN(Cc2nc3ccccc3s2)CCC1N.Cl.Cl. The summed E-state index contributed by atoms with van der Waals surface area (Å²) in [7, 11) is 0. The van der Waals surface area contributed by atoms with Gasteiger partial charge in [0.1, 0.15) is 5.01 Å². The Morgan fingerprint density at radius 2 is 2.10 bits per heavy atom. The van der Waals surface area contributed by atoms with Crippen molar-refractivity contribution in [3.8, 4) is 0 Å². The number of nitrogens with two attached hydrogens (primary N) is 1. The number of fused-ring (bicyclic) bond motifs is 1. The molecule has 112 valence electrons. The monoisotopic (exact) mass is 333 g/mol. The van der Waals surface area contributed by atoms with Gasteiger partial charge in [-0.25, -0.2) is 4.98 Å². The minimum Gasteiger partial charge on any atom is -0.327 e. The maximum Gasteiger partial charge on any atom is 0.108 e. The molecule has 1 aliphatic heterocycles. The lowest BCUT2D eigenvalue weighted by atomic mass is 9.95. The number of hydrogen-bond donors (Lipinski definition) is 1. The third-order valence-corrected chi connectivity index (χ3v) is 4.77. The summed E-state index contributed by atoms with van der Waals surface area (Å²) in [6.45, 7) is 5.41. The Kier molecular flexibility index (Phi) is 6.69. The van der Waals surface area contributed by atoms with Gasteiger partial charge in [-0.1, -0.05) is 19.1 Å². The van der Waals surface area contributed by atoms with Gasteiger partial charge in [0.2, 0.25) is 0 Å². The summed E-state index contributed by atoms with van der Waals surface area (Å²) in [4.78, 5) is 7.17. The van der Waals surface area contributed by atoms with Gasteiger partial charge in [0.25, 0.3) is 0 Å². The van der Waals surface area contributed by atoms with Crippen LogP contribution in [0, 0.1) is 5.92 Å². The van der Waals surface area contributed by atoms with Crippen molar-refractivity contribution in [1.29, 1.82) is 0 Å². The van der Waals surface area contributed by atoms with Gasteiger partial charge < -0.3 is 5.73 Å². The maximum atomic E-state index is 6.06. The highest BCUT2D eigenvalue weighted by atomic mass is 35.5. The van der Waals surface area contributed by atoms with Crippen LogP contribution in [0.4, 0.5) is 0 Å². The third-order valence-electron chi connectivity index (χ3n) is 3.75. The summed E-state index contributed by atoms with van der Waals surface area (Å²) < 4.78 is 1.29. The van der Waals surface area contributed by atoms with Crippen LogP contribution in [0.15, 0.2) is 24.3 Å². The van der Waals surface area contributed by atoms with E-state index in [2.05, 4.69) is 30.0 Å². The van der Waals surface area contributed by atoms with Crippen molar-refractivity contribution in [3.05, 3.63) is 29.3 Å². The number of para-hydroxylation sites is 1. The summed E-state index contributed by atoms with van der Waals surface area (Å²) in [5.41, 5.74) is 7.18. The summed E-state index contributed by atoms with van der Waals surface area (Å²) in [5, 5.41) is 1.22. The largest absolute Gasteiger partial charge is 0.327 e. The summed E-state index contributed by atoms with van der Waals surface area (Å²) in [6.07, 6.45) is 1.10. The van der Waals surface area contributed by atoms with Crippen molar-refractivity contribution in [2.45, 2.75) is 25.9 Å². The van der Waals surface area contributed by atoms with E-state index in [9.17, 15) is 0 Å². The molecule has 2 heterocycles. The van der Waals surface area contributed by atoms with Crippen molar-refractivity contribution in [1.82, 2.24) is 9.88 Å². The Bertz CT molecular complexity index is 513. The van der Waals surface area contributed by atoms with Crippen LogP contribution >= 0.6 is 36.2 Å². The highest BCUT2D eigenvalue weighted by molar-refractivity contribution is 7.18. The Morgan fingerprint density at radius 3 is 2.80 bits per heavy atom.